The summed E-state index contributed by atoms with van der Waals surface area (Å²) in [5.41, 5.74) is 0.854. The Labute approximate surface area is 239 Å². The minimum atomic E-state index is -0.574. The first-order valence-corrected chi connectivity index (χ1v) is 16.4. The van der Waals surface area contributed by atoms with Gasteiger partial charge in [0.25, 0.3) is 0 Å². The molecule has 0 aromatic heterocycles. The van der Waals surface area contributed by atoms with E-state index in [1.807, 2.05) is 13.8 Å². The average molecular weight is 543 g/mol. The quantitative estimate of drug-likeness (QED) is 0.333. The summed E-state index contributed by atoms with van der Waals surface area (Å²) in [4.78, 5) is 14.0. The van der Waals surface area contributed by atoms with Gasteiger partial charge in [-0.3, -0.25) is 4.79 Å². The number of ketones is 1. The fraction of sp³-hybridized carbons (Fsp3) is 0.914. The van der Waals surface area contributed by atoms with Crippen LogP contribution in [-0.2, 0) is 14.3 Å². The molecule has 0 spiro atoms. The monoisotopic (exact) mass is 542 g/mol. The molecule has 0 radical (unpaired) electrons. The van der Waals surface area contributed by atoms with Gasteiger partial charge in [0.05, 0.1) is 0 Å². The van der Waals surface area contributed by atoms with E-state index >= 15 is 0 Å². The number of carbonyl (C=O) groups is 1. The van der Waals surface area contributed by atoms with Gasteiger partial charge in [-0.15, -0.1) is 0 Å². The van der Waals surface area contributed by atoms with Gasteiger partial charge in [-0.25, -0.2) is 0 Å². The van der Waals surface area contributed by atoms with E-state index in [1.165, 1.54) is 44.9 Å². The van der Waals surface area contributed by atoms with Crippen LogP contribution < -0.4 is 0 Å². The van der Waals surface area contributed by atoms with Crippen molar-refractivity contribution in [3.63, 3.8) is 0 Å². The number of rotatable bonds is 7. The lowest BCUT2D eigenvalue weighted by Gasteiger charge is -2.72. The molecule has 5 aliphatic rings. The largest absolute Gasteiger partial charge is 0.396 e. The topological polar surface area (TPSA) is 55.8 Å². The molecule has 1 N–H and O–H groups in total. The summed E-state index contributed by atoms with van der Waals surface area (Å²) < 4.78 is 12.1. The highest BCUT2D eigenvalue weighted by Crippen LogP contribution is 2.77. The third-order valence-electron chi connectivity index (χ3n) is 14.1. The van der Waals surface area contributed by atoms with Crippen molar-refractivity contribution in [2.45, 2.75) is 120 Å². The van der Waals surface area contributed by atoms with Crippen LogP contribution in [0.5, 0.6) is 0 Å². The maximum absolute atomic E-state index is 14.0. The number of aliphatic hydroxyl groups excluding tert-OH is 1. The number of allylic oxidation sites excluding steroid dienone is 1. The third kappa shape index (κ3) is 3.96. The predicted octanol–water partition coefficient (Wildman–Crippen LogP) is 7.83. The third-order valence-corrected chi connectivity index (χ3v) is 14.1. The molecular weight excluding hydrogens is 484 g/mol. The molecule has 0 heterocycles. The van der Waals surface area contributed by atoms with Crippen molar-refractivity contribution in [3.05, 3.63) is 11.6 Å². The Bertz CT molecular complexity index is 977. The molecule has 9 atom stereocenters. The normalized spacial score (nSPS) is 46.9. The molecule has 0 amide bonds. The summed E-state index contributed by atoms with van der Waals surface area (Å²) in [6.07, 6.45) is 11.5. The molecule has 0 aromatic carbocycles. The highest BCUT2D eigenvalue weighted by molar-refractivity contribution is 6.01. The van der Waals surface area contributed by atoms with E-state index in [0.717, 1.165) is 17.9 Å². The van der Waals surface area contributed by atoms with Gasteiger partial charge >= 0.3 is 0 Å². The van der Waals surface area contributed by atoms with E-state index in [4.69, 9.17) is 9.47 Å². The van der Waals surface area contributed by atoms with Crippen LogP contribution in [0.1, 0.15) is 114 Å². The Hall–Kier alpha value is -0.710. The Morgan fingerprint density at radius 1 is 0.872 bits per heavy atom. The van der Waals surface area contributed by atoms with Gasteiger partial charge < -0.3 is 14.6 Å². The molecule has 4 heteroatoms. The summed E-state index contributed by atoms with van der Waals surface area (Å²) in [7, 11) is 0. The average Bonchev–Trinajstić information content (AvgIpc) is 3.27. The first-order valence-electron chi connectivity index (χ1n) is 16.4. The van der Waals surface area contributed by atoms with Gasteiger partial charge in [0, 0.05) is 30.8 Å². The summed E-state index contributed by atoms with van der Waals surface area (Å²) in [5, 5.41) is 10.8. The van der Waals surface area contributed by atoms with E-state index < -0.39 is 11.7 Å². The van der Waals surface area contributed by atoms with Gasteiger partial charge in [0.15, 0.2) is 12.1 Å². The lowest BCUT2D eigenvalue weighted by Crippen LogP contribution is -2.66. The number of Topliss-reactive ketones (excluding diaryl/α,β-unsaturated/α-hetero) is 1. The second kappa shape index (κ2) is 9.94. The number of carbonyl (C=O) groups excluding carboxylic acids is 1. The number of hydrogen-bond donors (Lipinski definition) is 1. The van der Waals surface area contributed by atoms with Crippen molar-refractivity contribution in [1.82, 2.24) is 0 Å². The van der Waals surface area contributed by atoms with E-state index in [0.29, 0.717) is 49.4 Å². The van der Waals surface area contributed by atoms with Crippen LogP contribution in [-0.4, -0.2) is 37.0 Å². The van der Waals surface area contributed by atoms with E-state index in [-0.39, 0.29) is 27.4 Å². The molecule has 0 saturated heterocycles. The van der Waals surface area contributed by atoms with Crippen LogP contribution >= 0.6 is 0 Å². The van der Waals surface area contributed by atoms with Gasteiger partial charge in [0.1, 0.15) is 0 Å². The Morgan fingerprint density at radius 3 is 2.13 bits per heavy atom. The van der Waals surface area contributed by atoms with Crippen molar-refractivity contribution < 1.29 is 19.4 Å². The van der Waals surface area contributed by atoms with Crippen LogP contribution in [0.4, 0.5) is 0 Å². The van der Waals surface area contributed by atoms with Gasteiger partial charge in [-0.1, -0.05) is 54.5 Å². The predicted molar refractivity (Wildman–Crippen MR) is 157 cm³/mol. The maximum Gasteiger partial charge on any atom is 0.186 e. The van der Waals surface area contributed by atoms with Crippen molar-refractivity contribution in [2.75, 3.05) is 19.8 Å². The second-order valence-electron chi connectivity index (χ2n) is 15.9. The molecule has 0 aliphatic heterocycles. The molecule has 0 unspecified atom stereocenters. The number of aliphatic hydroxyl groups is 1. The molecule has 5 aliphatic carbocycles. The van der Waals surface area contributed by atoms with Crippen molar-refractivity contribution in [1.29, 1.82) is 0 Å². The summed E-state index contributed by atoms with van der Waals surface area (Å²) in [5.74, 6) is 3.79. The molecule has 0 aromatic rings. The lowest BCUT2D eigenvalue weighted by molar-refractivity contribution is -0.225. The van der Waals surface area contributed by atoms with Gasteiger partial charge in [-0.2, -0.15) is 0 Å². The lowest BCUT2D eigenvalue weighted by atomic mass is 9.32. The highest BCUT2D eigenvalue weighted by Gasteiger charge is 2.71. The zero-order chi connectivity index (χ0) is 28.6. The second-order valence-corrected chi connectivity index (χ2v) is 15.9. The number of ether oxygens (including phenoxy) is 2. The maximum atomic E-state index is 14.0. The van der Waals surface area contributed by atoms with Crippen LogP contribution in [0.2, 0.25) is 0 Å². The first kappa shape index (κ1) is 29.8. The first-order chi connectivity index (χ1) is 18.3. The van der Waals surface area contributed by atoms with Gasteiger partial charge in [-0.05, 0) is 122 Å². The van der Waals surface area contributed by atoms with E-state index in [2.05, 4.69) is 54.5 Å². The minimum absolute atomic E-state index is 0.0706. The molecular formula is C35H58O4. The van der Waals surface area contributed by atoms with Crippen LogP contribution in [0.25, 0.3) is 0 Å². The summed E-state index contributed by atoms with van der Waals surface area (Å²) in [6.45, 7) is 22.4. The SMILES string of the molecule is CCOC(OCC)C1=C[C@]2(C)[C@H]3CC[C@@H]4[C@H]5[C@H](C(C)C)CC[C@]5(CO)CC[C@@]4(C)[C@]3(C)CC[C@H]2C(C)(C)C1=O. The Morgan fingerprint density at radius 2 is 1.54 bits per heavy atom. The molecule has 5 rings (SSSR count). The van der Waals surface area contributed by atoms with Crippen LogP contribution in [0.3, 0.4) is 0 Å². The van der Waals surface area contributed by atoms with Crippen molar-refractivity contribution in [2.24, 2.45) is 62.6 Å². The Balaban J connectivity index is 1.59. The number of fused-ring (bicyclic) bond motifs is 7. The van der Waals surface area contributed by atoms with Crippen molar-refractivity contribution >= 4 is 5.78 Å². The fourth-order valence-corrected chi connectivity index (χ4v) is 12.1. The fourth-order valence-electron chi connectivity index (χ4n) is 12.1. The molecule has 0 bridgehead atoms. The Kier molecular flexibility index (Phi) is 7.59. The smallest absolute Gasteiger partial charge is 0.186 e. The molecule has 4 saturated carbocycles. The van der Waals surface area contributed by atoms with Gasteiger partial charge in [0.2, 0.25) is 0 Å². The molecule has 39 heavy (non-hydrogen) atoms. The van der Waals surface area contributed by atoms with E-state index in [1.54, 1.807) is 0 Å². The van der Waals surface area contributed by atoms with E-state index in [9.17, 15) is 9.90 Å². The minimum Gasteiger partial charge on any atom is -0.396 e. The highest BCUT2D eigenvalue weighted by atomic mass is 16.7. The zero-order valence-corrected chi connectivity index (χ0v) is 26.6. The van der Waals surface area contributed by atoms with Crippen LogP contribution in [0, 0.1) is 62.6 Å². The summed E-state index contributed by atoms with van der Waals surface area (Å²) in [6, 6.07) is 0. The molecule has 222 valence electrons. The zero-order valence-electron chi connectivity index (χ0n) is 26.6. The number of hydrogen-bond acceptors (Lipinski definition) is 4. The summed E-state index contributed by atoms with van der Waals surface area (Å²) >= 11 is 0. The standard InChI is InChI=1S/C35H58O4/c1-10-38-30(39-11-2)24-20-32(7)26(31(5,6)29(24)37)15-16-34(9)27(32)13-12-25-28-23(22(3)4)14-17-35(28,21-36)19-18-33(25,34)8/h20,22-23,25-28,30,36H,10-19,21H2,1-9H3/t23-,25+,26-,27+,28+,32-,33+,34+,35+/m0/s1. The van der Waals surface area contributed by atoms with Crippen molar-refractivity contribution in [3.8, 4) is 0 Å². The van der Waals surface area contributed by atoms with Crippen LogP contribution in [0.15, 0.2) is 11.6 Å². The molecule has 4 fully saturated rings. The molecule has 4 nitrogen and oxygen atoms in total.